The van der Waals surface area contributed by atoms with E-state index in [1.807, 2.05) is 12.1 Å². The molecule has 5 nitrogen and oxygen atoms in total. The molecule has 6 heteroatoms. The predicted molar refractivity (Wildman–Crippen MR) is 98.2 cm³/mol. The van der Waals surface area contributed by atoms with Gasteiger partial charge in [0.1, 0.15) is 11.5 Å². The molecular weight excluding hydrogens is 368 g/mol. The number of nitrogens with two attached hydrogens (primary N) is 1. The van der Waals surface area contributed by atoms with Gasteiger partial charge in [-0.05, 0) is 37.8 Å². The molecular formula is C18H21BrN4O. The first-order chi connectivity index (χ1) is 11.6. The van der Waals surface area contributed by atoms with Crippen LogP contribution in [0.2, 0.25) is 0 Å². The van der Waals surface area contributed by atoms with E-state index in [2.05, 4.69) is 37.7 Å². The zero-order valence-electron chi connectivity index (χ0n) is 13.5. The summed E-state index contributed by atoms with van der Waals surface area (Å²) in [4.78, 5) is 4.44. The third kappa shape index (κ3) is 2.78. The van der Waals surface area contributed by atoms with Gasteiger partial charge in [-0.3, -0.25) is 9.67 Å². The summed E-state index contributed by atoms with van der Waals surface area (Å²) in [5, 5.41) is 14.7. The van der Waals surface area contributed by atoms with Crippen molar-refractivity contribution < 1.29 is 5.11 Å². The summed E-state index contributed by atoms with van der Waals surface area (Å²) in [7, 11) is 0. The number of hydrogen-bond donors (Lipinski definition) is 2. The number of halogens is 1. The standard InChI is InChI=1S/C18H21BrN4O/c19-12-3-1-11(2-4-12)17-16-15(9-10-21-18(16)20)23(22-17)13-5-7-14(24)8-6-13/h1-4,13-14,24H,5-10H2,(H2,20,21). The van der Waals surface area contributed by atoms with Crippen LogP contribution >= 0.6 is 15.9 Å². The van der Waals surface area contributed by atoms with Gasteiger partial charge in [0.25, 0.3) is 0 Å². The summed E-state index contributed by atoms with van der Waals surface area (Å²) in [6, 6.07) is 8.51. The van der Waals surface area contributed by atoms with Crippen LogP contribution in [0.4, 0.5) is 0 Å². The third-order valence-corrected chi connectivity index (χ3v) is 5.55. The average Bonchev–Trinajstić information content (AvgIpc) is 2.97. The number of aromatic nitrogens is 2. The van der Waals surface area contributed by atoms with Crippen molar-refractivity contribution in [3.05, 3.63) is 40.0 Å². The lowest BCUT2D eigenvalue weighted by atomic mass is 9.92. The lowest BCUT2D eigenvalue weighted by Crippen LogP contribution is -2.26. The molecule has 2 aromatic rings. The van der Waals surface area contributed by atoms with E-state index >= 15 is 0 Å². The van der Waals surface area contributed by atoms with Gasteiger partial charge in [0.2, 0.25) is 0 Å². The highest BCUT2D eigenvalue weighted by Crippen LogP contribution is 2.35. The van der Waals surface area contributed by atoms with E-state index in [9.17, 15) is 5.11 Å². The second-order valence-electron chi connectivity index (χ2n) is 6.60. The van der Waals surface area contributed by atoms with E-state index in [0.717, 1.165) is 59.9 Å². The Morgan fingerprint density at radius 3 is 2.54 bits per heavy atom. The molecule has 0 saturated heterocycles. The second-order valence-corrected chi connectivity index (χ2v) is 7.52. The van der Waals surface area contributed by atoms with Crippen molar-refractivity contribution in [2.45, 2.75) is 44.2 Å². The number of amidine groups is 1. The van der Waals surface area contributed by atoms with Gasteiger partial charge < -0.3 is 10.8 Å². The van der Waals surface area contributed by atoms with E-state index in [4.69, 9.17) is 10.8 Å². The number of benzene rings is 1. The van der Waals surface area contributed by atoms with Gasteiger partial charge in [-0.2, -0.15) is 5.10 Å². The molecule has 2 heterocycles. The van der Waals surface area contributed by atoms with Gasteiger partial charge in [0.05, 0.1) is 23.4 Å². The van der Waals surface area contributed by atoms with Crippen LogP contribution in [-0.4, -0.2) is 33.4 Å². The zero-order chi connectivity index (χ0) is 16.7. The number of hydrogen-bond acceptors (Lipinski definition) is 4. The fraction of sp³-hybridized carbons (Fsp3) is 0.444. The summed E-state index contributed by atoms with van der Waals surface area (Å²) in [6.45, 7) is 0.722. The summed E-state index contributed by atoms with van der Waals surface area (Å²) in [5.74, 6) is 0.594. The highest BCUT2D eigenvalue weighted by atomic mass is 79.9. The van der Waals surface area contributed by atoms with Crippen LogP contribution in [-0.2, 0) is 6.42 Å². The number of aliphatic imine (C=N–C) groups is 1. The molecule has 0 bridgehead atoms. The third-order valence-electron chi connectivity index (χ3n) is 5.03. The normalized spacial score (nSPS) is 23.7. The van der Waals surface area contributed by atoms with Crippen molar-refractivity contribution >= 4 is 21.8 Å². The Morgan fingerprint density at radius 1 is 1.12 bits per heavy atom. The molecule has 126 valence electrons. The van der Waals surface area contributed by atoms with E-state index < -0.39 is 0 Å². The van der Waals surface area contributed by atoms with Crippen molar-refractivity contribution in [2.75, 3.05) is 6.54 Å². The SMILES string of the molecule is NC1=NCCc2c1c(-c1ccc(Br)cc1)nn2C1CCC(O)CC1. The Labute approximate surface area is 149 Å². The lowest BCUT2D eigenvalue weighted by Gasteiger charge is -2.27. The first-order valence-corrected chi connectivity index (χ1v) is 9.28. The van der Waals surface area contributed by atoms with Crippen molar-refractivity contribution in [3.8, 4) is 11.3 Å². The van der Waals surface area contributed by atoms with Crippen LogP contribution in [0, 0.1) is 0 Å². The summed E-state index contributed by atoms with van der Waals surface area (Å²) in [6.07, 6.45) is 4.33. The van der Waals surface area contributed by atoms with E-state index in [1.165, 1.54) is 5.69 Å². The fourth-order valence-electron chi connectivity index (χ4n) is 3.75. The maximum absolute atomic E-state index is 9.79. The molecule has 4 rings (SSSR count). The Morgan fingerprint density at radius 2 is 1.83 bits per heavy atom. The van der Waals surface area contributed by atoms with Crippen molar-refractivity contribution in [1.82, 2.24) is 9.78 Å². The van der Waals surface area contributed by atoms with Gasteiger partial charge in [-0.15, -0.1) is 0 Å². The highest BCUT2D eigenvalue weighted by Gasteiger charge is 2.29. The van der Waals surface area contributed by atoms with Crippen LogP contribution in [0.15, 0.2) is 33.7 Å². The molecule has 1 aromatic heterocycles. The Bertz CT molecular complexity index is 773. The van der Waals surface area contributed by atoms with Crippen LogP contribution in [0.25, 0.3) is 11.3 Å². The van der Waals surface area contributed by atoms with E-state index in [0.29, 0.717) is 11.9 Å². The Balaban J connectivity index is 1.80. The minimum Gasteiger partial charge on any atom is -0.393 e. The second kappa shape index (κ2) is 6.33. The molecule has 1 aliphatic heterocycles. The zero-order valence-corrected chi connectivity index (χ0v) is 15.0. The van der Waals surface area contributed by atoms with Crippen molar-refractivity contribution in [3.63, 3.8) is 0 Å². The number of aliphatic hydroxyl groups excluding tert-OH is 1. The molecule has 1 fully saturated rings. The molecule has 2 aliphatic rings. The largest absolute Gasteiger partial charge is 0.393 e. The maximum Gasteiger partial charge on any atom is 0.129 e. The summed E-state index contributed by atoms with van der Waals surface area (Å²) in [5.41, 5.74) is 10.4. The van der Waals surface area contributed by atoms with E-state index in [1.54, 1.807) is 0 Å². The van der Waals surface area contributed by atoms with Gasteiger partial charge in [-0.1, -0.05) is 28.1 Å². The van der Waals surface area contributed by atoms with Crippen LogP contribution in [0.3, 0.4) is 0 Å². The first kappa shape index (κ1) is 15.8. The molecule has 0 atom stereocenters. The summed E-state index contributed by atoms with van der Waals surface area (Å²) >= 11 is 3.48. The number of fused-ring (bicyclic) bond motifs is 1. The van der Waals surface area contributed by atoms with Gasteiger partial charge in [0.15, 0.2) is 0 Å². The number of aliphatic hydroxyl groups is 1. The van der Waals surface area contributed by atoms with E-state index in [-0.39, 0.29) is 6.10 Å². The molecule has 0 unspecified atom stereocenters. The van der Waals surface area contributed by atoms with Gasteiger partial charge >= 0.3 is 0 Å². The van der Waals surface area contributed by atoms with Crippen molar-refractivity contribution in [1.29, 1.82) is 0 Å². The first-order valence-electron chi connectivity index (χ1n) is 8.49. The quantitative estimate of drug-likeness (QED) is 0.829. The molecule has 1 aliphatic carbocycles. The average molecular weight is 389 g/mol. The molecule has 1 aromatic carbocycles. The molecule has 3 N–H and O–H groups in total. The van der Waals surface area contributed by atoms with Crippen molar-refractivity contribution in [2.24, 2.45) is 10.7 Å². The fourth-order valence-corrected chi connectivity index (χ4v) is 4.02. The highest BCUT2D eigenvalue weighted by molar-refractivity contribution is 9.10. The maximum atomic E-state index is 9.79. The van der Waals surface area contributed by atoms with Crippen LogP contribution < -0.4 is 5.73 Å². The molecule has 1 saturated carbocycles. The number of rotatable bonds is 2. The number of nitrogens with zero attached hydrogens (tertiary/aromatic N) is 3. The van der Waals surface area contributed by atoms with Gasteiger partial charge in [-0.25, -0.2) is 0 Å². The van der Waals surface area contributed by atoms with Gasteiger partial charge in [0, 0.05) is 23.0 Å². The topological polar surface area (TPSA) is 76.4 Å². The molecule has 0 spiro atoms. The molecule has 24 heavy (non-hydrogen) atoms. The smallest absolute Gasteiger partial charge is 0.129 e. The summed E-state index contributed by atoms with van der Waals surface area (Å²) < 4.78 is 3.21. The predicted octanol–water partition coefficient (Wildman–Crippen LogP) is 3.05. The molecule has 0 radical (unpaired) electrons. The lowest BCUT2D eigenvalue weighted by molar-refractivity contribution is 0.107. The monoisotopic (exact) mass is 388 g/mol. The Kier molecular flexibility index (Phi) is 4.18. The minimum absolute atomic E-state index is 0.162. The minimum atomic E-state index is -0.162. The Hall–Kier alpha value is -1.66. The van der Waals surface area contributed by atoms with Crippen LogP contribution in [0.1, 0.15) is 43.0 Å². The van der Waals surface area contributed by atoms with Crippen LogP contribution in [0.5, 0.6) is 0 Å². The molecule has 0 amide bonds.